The molecule has 3 rings (SSSR count). The number of benzene rings is 2. The predicted octanol–water partition coefficient (Wildman–Crippen LogP) is 4.02. The molecule has 5 heteroatoms. The number of nitrogens with one attached hydrogen (secondary N) is 2. The molecule has 25 heavy (non-hydrogen) atoms. The van der Waals surface area contributed by atoms with Crippen LogP contribution in [0.5, 0.6) is 0 Å². The zero-order valence-corrected chi connectivity index (χ0v) is 14.3. The van der Waals surface area contributed by atoms with Crippen LogP contribution >= 0.6 is 0 Å². The molecular weight excluding hydrogens is 312 g/mol. The van der Waals surface area contributed by atoms with E-state index in [0.29, 0.717) is 18.1 Å². The third-order valence-corrected chi connectivity index (χ3v) is 4.01. The molecule has 0 radical (unpaired) electrons. The van der Waals surface area contributed by atoms with Crippen LogP contribution in [0.2, 0.25) is 0 Å². The van der Waals surface area contributed by atoms with E-state index >= 15 is 0 Å². The van der Waals surface area contributed by atoms with Crippen molar-refractivity contribution in [2.75, 3.05) is 10.6 Å². The van der Waals surface area contributed by atoms with Crippen molar-refractivity contribution in [3.05, 3.63) is 77.4 Å². The fraction of sp³-hybridized carbons (Fsp3) is 0.150. The molecule has 0 bridgehead atoms. The normalized spacial score (nSPS) is 10.3. The number of carbonyl (C=O) groups excluding carboxylic acids is 1. The Morgan fingerprint density at radius 3 is 2.32 bits per heavy atom. The minimum Gasteiger partial charge on any atom is -0.339 e. The van der Waals surface area contributed by atoms with Gasteiger partial charge in [-0.25, -0.2) is 0 Å². The van der Waals surface area contributed by atoms with Gasteiger partial charge in [-0.05, 0) is 48.7 Å². The highest BCUT2D eigenvalue weighted by Crippen LogP contribution is 2.21. The maximum absolute atomic E-state index is 12.0. The van der Waals surface area contributed by atoms with Crippen molar-refractivity contribution in [1.29, 1.82) is 0 Å². The first-order valence-electron chi connectivity index (χ1n) is 8.12. The lowest BCUT2D eigenvalue weighted by molar-refractivity contribution is -0.115. The highest BCUT2D eigenvalue weighted by molar-refractivity contribution is 5.91. The second-order valence-corrected chi connectivity index (χ2v) is 5.89. The van der Waals surface area contributed by atoms with E-state index in [9.17, 15) is 4.79 Å². The summed E-state index contributed by atoms with van der Waals surface area (Å²) in [7, 11) is 0. The number of anilines is 3. The molecule has 2 N–H and O–H groups in total. The van der Waals surface area contributed by atoms with Crippen molar-refractivity contribution in [1.82, 2.24) is 10.2 Å². The molecule has 1 heterocycles. The zero-order chi connectivity index (χ0) is 17.6. The van der Waals surface area contributed by atoms with Gasteiger partial charge in [-0.3, -0.25) is 4.79 Å². The van der Waals surface area contributed by atoms with Crippen molar-refractivity contribution in [2.45, 2.75) is 20.3 Å². The summed E-state index contributed by atoms with van der Waals surface area (Å²) < 4.78 is 0. The number of hydrogen-bond acceptors (Lipinski definition) is 4. The number of nitrogens with zero attached hydrogens (tertiary/aromatic N) is 2. The SMILES string of the molecule is Cc1cccc(Nc2ccc(NC(=O)Cc3ccccc3)nn2)c1C. The first-order valence-corrected chi connectivity index (χ1v) is 8.12. The standard InChI is InChI=1S/C20H20N4O/c1-14-7-6-10-17(15(14)2)21-18-11-12-19(24-23-18)22-20(25)13-16-8-4-3-5-9-16/h3-12H,13H2,1-2H3,(H,21,23)(H,22,24,25). The van der Waals surface area contributed by atoms with E-state index in [0.717, 1.165) is 11.3 Å². The molecule has 126 valence electrons. The molecule has 0 saturated heterocycles. The maximum atomic E-state index is 12.0. The van der Waals surface area contributed by atoms with Crippen LogP contribution in [0, 0.1) is 13.8 Å². The summed E-state index contributed by atoms with van der Waals surface area (Å²) in [6.07, 6.45) is 0.311. The maximum Gasteiger partial charge on any atom is 0.229 e. The lowest BCUT2D eigenvalue weighted by atomic mass is 10.1. The van der Waals surface area contributed by atoms with Gasteiger partial charge in [0.25, 0.3) is 0 Å². The summed E-state index contributed by atoms with van der Waals surface area (Å²) in [6.45, 7) is 4.13. The number of hydrogen-bond donors (Lipinski definition) is 2. The summed E-state index contributed by atoms with van der Waals surface area (Å²) >= 11 is 0. The van der Waals surface area contributed by atoms with Gasteiger partial charge in [0.15, 0.2) is 11.6 Å². The van der Waals surface area contributed by atoms with Crippen LogP contribution in [0.4, 0.5) is 17.3 Å². The van der Waals surface area contributed by atoms with Gasteiger partial charge in [0.1, 0.15) is 0 Å². The van der Waals surface area contributed by atoms with Crippen LogP contribution in [0.3, 0.4) is 0 Å². The fourth-order valence-corrected chi connectivity index (χ4v) is 2.46. The number of carbonyl (C=O) groups is 1. The second-order valence-electron chi connectivity index (χ2n) is 5.89. The summed E-state index contributed by atoms with van der Waals surface area (Å²) in [6, 6.07) is 19.2. The summed E-state index contributed by atoms with van der Waals surface area (Å²) in [5, 5.41) is 14.2. The Balaban J connectivity index is 1.62. The van der Waals surface area contributed by atoms with E-state index in [-0.39, 0.29) is 5.91 Å². The molecule has 2 aromatic carbocycles. The molecule has 0 atom stereocenters. The molecule has 3 aromatic rings. The summed E-state index contributed by atoms with van der Waals surface area (Å²) in [5.41, 5.74) is 4.34. The van der Waals surface area contributed by atoms with Crippen molar-refractivity contribution in [3.63, 3.8) is 0 Å². The largest absolute Gasteiger partial charge is 0.339 e. The third kappa shape index (κ3) is 4.41. The number of aromatic nitrogens is 2. The summed E-state index contributed by atoms with van der Waals surface area (Å²) in [4.78, 5) is 12.0. The zero-order valence-electron chi connectivity index (χ0n) is 14.3. The smallest absolute Gasteiger partial charge is 0.229 e. The van der Waals surface area contributed by atoms with E-state index in [2.05, 4.69) is 40.7 Å². The molecule has 0 fully saturated rings. The van der Waals surface area contributed by atoms with Gasteiger partial charge in [0.05, 0.1) is 6.42 Å². The van der Waals surface area contributed by atoms with Crippen LogP contribution in [0.1, 0.15) is 16.7 Å². The van der Waals surface area contributed by atoms with Crippen molar-refractivity contribution >= 4 is 23.2 Å². The van der Waals surface area contributed by atoms with Crippen LogP contribution < -0.4 is 10.6 Å². The van der Waals surface area contributed by atoms with Gasteiger partial charge in [0, 0.05) is 5.69 Å². The average Bonchev–Trinajstić information content (AvgIpc) is 2.61. The van der Waals surface area contributed by atoms with E-state index in [1.54, 1.807) is 12.1 Å². The Hall–Kier alpha value is -3.21. The topological polar surface area (TPSA) is 66.9 Å². The van der Waals surface area contributed by atoms with E-state index in [1.807, 2.05) is 42.5 Å². The Morgan fingerprint density at radius 1 is 0.880 bits per heavy atom. The van der Waals surface area contributed by atoms with E-state index < -0.39 is 0 Å². The Morgan fingerprint density at radius 2 is 1.60 bits per heavy atom. The average molecular weight is 332 g/mol. The van der Waals surface area contributed by atoms with Gasteiger partial charge in [-0.2, -0.15) is 0 Å². The predicted molar refractivity (Wildman–Crippen MR) is 100 cm³/mol. The quantitative estimate of drug-likeness (QED) is 0.740. The van der Waals surface area contributed by atoms with Gasteiger partial charge in [0.2, 0.25) is 5.91 Å². The molecular formula is C20H20N4O. The highest BCUT2D eigenvalue weighted by atomic mass is 16.1. The molecule has 0 unspecified atom stereocenters. The van der Waals surface area contributed by atoms with Gasteiger partial charge in [-0.15, -0.1) is 10.2 Å². The fourth-order valence-electron chi connectivity index (χ4n) is 2.46. The van der Waals surface area contributed by atoms with Crippen LogP contribution in [0.25, 0.3) is 0 Å². The van der Waals surface area contributed by atoms with Gasteiger partial charge >= 0.3 is 0 Å². The molecule has 0 spiro atoms. The summed E-state index contributed by atoms with van der Waals surface area (Å²) in [5.74, 6) is 0.956. The van der Waals surface area contributed by atoms with Crippen LogP contribution in [-0.4, -0.2) is 16.1 Å². The highest BCUT2D eigenvalue weighted by Gasteiger charge is 2.06. The van der Waals surface area contributed by atoms with E-state index in [4.69, 9.17) is 0 Å². The number of aryl methyl sites for hydroxylation is 1. The Kier molecular flexibility index (Phi) is 5.04. The van der Waals surface area contributed by atoms with Crippen LogP contribution in [0.15, 0.2) is 60.7 Å². The molecule has 0 aliphatic carbocycles. The monoisotopic (exact) mass is 332 g/mol. The Bertz CT molecular complexity index is 861. The molecule has 5 nitrogen and oxygen atoms in total. The first-order chi connectivity index (χ1) is 12.1. The van der Waals surface area contributed by atoms with Crippen molar-refractivity contribution < 1.29 is 4.79 Å². The Labute approximate surface area is 147 Å². The van der Waals surface area contributed by atoms with Gasteiger partial charge in [-0.1, -0.05) is 42.5 Å². The van der Waals surface area contributed by atoms with Crippen LogP contribution in [-0.2, 0) is 11.2 Å². The lowest BCUT2D eigenvalue weighted by Gasteiger charge is -2.10. The van der Waals surface area contributed by atoms with Crippen molar-refractivity contribution in [3.8, 4) is 0 Å². The number of rotatable bonds is 5. The molecule has 1 aromatic heterocycles. The minimum atomic E-state index is -0.115. The minimum absolute atomic E-state index is 0.115. The number of amides is 1. The van der Waals surface area contributed by atoms with Crippen molar-refractivity contribution in [2.24, 2.45) is 0 Å². The molecule has 1 amide bonds. The van der Waals surface area contributed by atoms with Gasteiger partial charge < -0.3 is 10.6 Å². The molecule has 0 aliphatic heterocycles. The lowest BCUT2D eigenvalue weighted by Crippen LogP contribution is -2.15. The van der Waals surface area contributed by atoms with E-state index in [1.165, 1.54) is 11.1 Å². The first kappa shape index (κ1) is 16.6. The molecule has 0 saturated carbocycles. The molecule has 0 aliphatic rings. The third-order valence-electron chi connectivity index (χ3n) is 4.01. The second kappa shape index (κ2) is 7.57.